The number of ketones is 1. The minimum atomic E-state index is -0.903. The molecule has 0 amide bonds. The fraction of sp³-hybridized carbons (Fsp3) is 0.154. The second-order valence-corrected chi connectivity index (χ2v) is 7.20. The van der Waals surface area contributed by atoms with Gasteiger partial charge in [0, 0.05) is 17.6 Å². The van der Waals surface area contributed by atoms with E-state index < -0.39 is 5.41 Å². The molecule has 0 bridgehead atoms. The lowest BCUT2D eigenvalue weighted by Crippen LogP contribution is -2.27. The number of rotatable bonds is 5. The lowest BCUT2D eigenvalue weighted by molar-refractivity contribution is 0.103. The SMILES string of the molecule is CCc1ccc2c(c1)C(=O)C(CC(C#N)(c1ccccc1)c1ccccc1)=C2. The topological polar surface area (TPSA) is 40.9 Å². The predicted molar refractivity (Wildman–Crippen MR) is 112 cm³/mol. The molecule has 0 aliphatic heterocycles. The van der Waals surface area contributed by atoms with Gasteiger partial charge in [-0.05, 0) is 40.8 Å². The van der Waals surface area contributed by atoms with Crippen molar-refractivity contribution in [3.05, 3.63) is 112 Å². The molecule has 0 N–H and O–H groups in total. The molecule has 0 heterocycles. The zero-order valence-corrected chi connectivity index (χ0v) is 15.9. The van der Waals surface area contributed by atoms with Crippen molar-refractivity contribution in [2.24, 2.45) is 0 Å². The maximum absolute atomic E-state index is 13.1. The normalized spacial score (nSPS) is 13.0. The fourth-order valence-corrected chi connectivity index (χ4v) is 3.97. The molecule has 136 valence electrons. The Hall–Kier alpha value is -3.44. The van der Waals surface area contributed by atoms with Gasteiger partial charge in [-0.25, -0.2) is 0 Å². The van der Waals surface area contributed by atoms with Crippen LogP contribution in [-0.4, -0.2) is 5.78 Å². The van der Waals surface area contributed by atoms with Crippen molar-refractivity contribution in [3.63, 3.8) is 0 Å². The average molecular weight is 363 g/mol. The predicted octanol–water partition coefficient (Wildman–Crippen LogP) is 5.73. The molecule has 0 aromatic heterocycles. The maximum atomic E-state index is 13.1. The third-order valence-corrected chi connectivity index (χ3v) is 5.57. The van der Waals surface area contributed by atoms with Crippen LogP contribution in [0.3, 0.4) is 0 Å². The molecular weight excluding hydrogens is 342 g/mol. The van der Waals surface area contributed by atoms with Crippen molar-refractivity contribution in [3.8, 4) is 6.07 Å². The lowest BCUT2D eigenvalue weighted by atomic mass is 9.71. The monoisotopic (exact) mass is 363 g/mol. The highest BCUT2D eigenvalue weighted by Crippen LogP contribution is 2.41. The van der Waals surface area contributed by atoms with Gasteiger partial charge in [0.15, 0.2) is 5.78 Å². The fourth-order valence-electron chi connectivity index (χ4n) is 3.97. The summed E-state index contributed by atoms with van der Waals surface area (Å²) in [6.45, 7) is 2.08. The highest BCUT2D eigenvalue weighted by atomic mass is 16.1. The molecule has 0 saturated carbocycles. The average Bonchev–Trinajstić information content (AvgIpc) is 3.07. The third kappa shape index (κ3) is 2.96. The summed E-state index contributed by atoms with van der Waals surface area (Å²) < 4.78 is 0. The Balaban J connectivity index is 1.80. The standard InChI is InChI=1S/C26H21NO/c1-2-19-13-14-20-16-21(25(28)24(20)15-19)17-26(18-27,22-9-5-3-6-10-22)23-11-7-4-8-12-23/h3-16H,2,17H2,1H3. The number of hydrogen-bond donors (Lipinski definition) is 0. The molecule has 1 aliphatic rings. The summed E-state index contributed by atoms with van der Waals surface area (Å²) in [5.41, 5.74) is 4.45. The first kappa shape index (κ1) is 17.9. The van der Waals surface area contributed by atoms with Gasteiger partial charge >= 0.3 is 0 Å². The van der Waals surface area contributed by atoms with E-state index >= 15 is 0 Å². The first-order valence-electron chi connectivity index (χ1n) is 9.58. The molecule has 1 aliphatic carbocycles. The quantitative estimate of drug-likeness (QED) is 0.581. The summed E-state index contributed by atoms with van der Waals surface area (Å²) in [7, 11) is 0. The van der Waals surface area contributed by atoms with Gasteiger partial charge in [-0.2, -0.15) is 5.26 Å². The van der Waals surface area contributed by atoms with Crippen LogP contribution in [0, 0.1) is 11.3 Å². The number of benzene rings is 3. The number of carbonyl (C=O) groups excluding carboxylic acids is 1. The van der Waals surface area contributed by atoms with E-state index in [4.69, 9.17) is 0 Å². The molecule has 0 radical (unpaired) electrons. The van der Waals surface area contributed by atoms with Crippen LogP contribution in [0.1, 0.15) is 46.0 Å². The summed E-state index contributed by atoms with van der Waals surface area (Å²) >= 11 is 0. The zero-order valence-electron chi connectivity index (χ0n) is 15.9. The Morgan fingerprint density at radius 2 is 1.50 bits per heavy atom. The van der Waals surface area contributed by atoms with Crippen molar-refractivity contribution < 1.29 is 4.79 Å². The van der Waals surface area contributed by atoms with Crippen molar-refractivity contribution >= 4 is 11.9 Å². The second kappa shape index (κ2) is 7.29. The van der Waals surface area contributed by atoms with Crippen molar-refractivity contribution in [1.29, 1.82) is 5.26 Å². The number of Topliss-reactive ketones (excluding diaryl/α,β-unsaturated/α-hetero) is 1. The van der Waals surface area contributed by atoms with E-state index in [0.29, 0.717) is 12.0 Å². The summed E-state index contributed by atoms with van der Waals surface area (Å²) in [6, 6.07) is 28.2. The van der Waals surface area contributed by atoms with E-state index in [1.807, 2.05) is 78.9 Å². The van der Waals surface area contributed by atoms with Crippen LogP contribution >= 0.6 is 0 Å². The summed E-state index contributed by atoms with van der Waals surface area (Å²) in [5, 5.41) is 10.3. The van der Waals surface area contributed by atoms with Crippen LogP contribution in [0.2, 0.25) is 0 Å². The molecule has 0 atom stereocenters. The molecule has 28 heavy (non-hydrogen) atoms. The third-order valence-electron chi connectivity index (χ3n) is 5.57. The molecule has 2 nitrogen and oxygen atoms in total. The largest absolute Gasteiger partial charge is 0.289 e. The molecule has 3 aromatic rings. The van der Waals surface area contributed by atoms with Gasteiger partial charge in [-0.1, -0.05) is 79.7 Å². The number of nitrogens with zero attached hydrogens (tertiary/aromatic N) is 1. The Bertz CT molecular complexity index is 1050. The Morgan fingerprint density at radius 3 is 2.04 bits per heavy atom. The highest BCUT2D eigenvalue weighted by Gasteiger charge is 2.38. The van der Waals surface area contributed by atoms with Crippen molar-refractivity contribution in [1.82, 2.24) is 0 Å². The summed E-state index contributed by atoms with van der Waals surface area (Å²) in [4.78, 5) is 13.1. The smallest absolute Gasteiger partial charge is 0.189 e. The summed E-state index contributed by atoms with van der Waals surface area (Å²) in [5.74, 6) is 0.0387. The van der Waals surface area contributed by atoms with Crippen LogP contribution in [0.4, 0.5) is 0 Å². The molecule has 0 fully saturated rings. The molecule has 2 heteroatoms. The van der Waals surface area contributed by atoms with Gasteiger partial charge in [-0.3, -0.25) is 4.79 Å². The lowest BCUT2D eigenvalue weighted by Gasteiger charge is -2.28. The first-order valence-corrected chi connectivity index (χ1v) is 9.58. The number of carbonyl (C=O) groups is 1. The van der Waals surface area contributed by atoms with Crippen LogP contribution < -0.4 is 0 Å². The maximum Gasteiger partial charge on any atom is 0.189 e. The molecule has 4 rings (SSSR count). The van der Waals surface area contributed by atoms with Gasteiger partial charge in [0.25, 0.3) is 0 Å². The first-order chi connectivity index (χ1) is 13.7. The molecule has 0 saturated heterocycles. The van der Waals surface area contributed by atoms with Crippen LogP contribution in [-0.2, 0) is 11.8 Å². The van der Waals surface area contributed by atoms with E-state index in [1.165, 1.54) is 0 Å². The zero-order chi connectivity index (χ0) is 19.6. The molecule has 0 unspecified atom stereocenters. The minimum Gasteiger partial charge on any atom is -0.289 e. The Morgan fingerprint density at radius 1 is 0.893 bits per heavy atom. The van der Waals surface area contributed by atoms with Gasteiger partial charge in [0.1, 0.15) is 5.41 Å². The Labute approximate surface area is 165 Å². The molecule has 0 spiro atoms. The second-order valence-electron chi connectivity index (χ2n) is 7.20. The number of hydrogen-bond acceptors (Lipinski definition) is 2. The van der Waals surface area contributed by atoms with E-state index in [1.54, 1.807) is 0 Å². The van der Waals surface area contributed by atoms with Crippen LogP contribution in [0.25, 0.3) is 6.08 Å². The number of nitriles is 1. The van der Waals surface area contributed by atoms with Gasteiger partial charge in [0.05, 0.1) is 6.07 Å². The number of allylic oxidation sites excluding steroid dienone is 1. The minimum absolute atomic E-state index is 0.0387. The number of aryl methyl sites for hydroxylation is 1. The summed E-state index contributed by atoms with van der Waals surface area (Å²) in [6.07, 6.45) is 3.20. The van der Waals surface area contributed by atoms with Crippen LogP contribution in [0.15, 0.2) is 84.4 Å². The van der Waals surface area contributed by atoms with Crippen molar-refractivity contribution in [2.75, 3.05) is 0 Å². The molecule has 3 aromatic carbocycles. The van der Waals surface area contributed by atoms with E-state index in [9.17, 15) is 10.1 Å². The van der Waals surface area contributed by atoms with Gasteiger partial charge < -0.3 is 0 Å². The Kier molecular flexibility index (Phi) is 4.67. The molecular formula is C26H21NO. The van der Waals surface area contributed by atoms with Crippen LogP contribution in [0.5, 0.6) is 0 Å². The van der Waals surface area contributed by atoms with Gasteiger partial charge in [-0.15, -0.1) is 0 Å². The van der Waals surface area contributed by atoms with Crippen molar-refractivity contribution in [2.45, 2.75) is 25.2 Å². The number of fused-ring (bicyclic) bond motifs is 1. The van der Waals surface area contributed by atoms with E-state index in [2.05, 4.69) is 19.1 Å². The van der Waals surface area contributed by atoms with Gasteiger partial charge in [0.2, 0.25) is 0 Å². The van der Waals surface area contributed by atoms with E-state index in [0.717, 1.165) is 34.2 Å². The highest BCUT2D eigenvalue weighted by molar-refractivity contribution is 6.18. The van der Waals surface area contributed by atoms with E-state index in [-0.39, 0.29) is 5.78 Å².